The lowest BCUT2D eigenvalue weighted by molar-refractivity contribution is 0.443. The first-order chi connectivity index (χ1) is 15.7. The fourth-order valence-corrected chi connectivity index (χ4v) is 4.09. The van der Waals surface area contributed by atoms with E-state index in [1.165, 1.54) is 61.6 Å². The molecule has 1 unspecified atom stereocenters. The molecule has 0 N–H and O–H groups in total. The van der Waals surface area contributed by atoms with Gasteiger partial charge in [-0.05, 0) is 53.6 Å². The molecule has 1 aliphatic carbocycles. The van der Waals surface area contributed by atoms with Crippen LogP contribution in [0.1, 0.15) is 116 Å². The molecule has 1 aliphatic rings. The Bertz CT molecular complexity index is 880. The first-order valence-corrected chi connectivity index (χ1v) is 12.7. The highest BCUT2D eigenvalue weighted by atomic mass is 14.7. The molecule has 1 aromatic carbocycles. The molecule has 1 atom stereocenters. The number of pyridine rings is 2. The van der Waals surface area contributed by atoms with Gasteiger partial charge in [0, 0.05) is 35.8 Å². The standard InChI is InChI=1S/C24H26N2.C4H10.C2H6.CH4/c1-18(20-9-5-10-21(15-20)19-7-3-2-4-8-19)24-16-22(12-14-26-24)23-11-6-13-25-17-23;1-3-4-2;1-2;/h5-6,9-19H,2-4,7-8H2,1H3;3-4H2,1-2H3;1-2H3;1H4. The molecule has 2 heteroatoms. The molecule has 0 spiro atoms. The Kier molecular flexibility index (Phi) is 14.0. The highest BCUT2D eigenvalue weighted by molar-refractivity contribution is 5.62. The third-order valence-corrected chi connectivity index (χ3v) is 6.21. The zero-order valence-corrected chi connectivity index (χ0v) is 20.8. The number of aromatic nitrogens is 2. The molecule has 4 rings (SSSR count). The van der Waals surface area contributed by atoms with E-state index in [-0.39, 0.29) is 13.3 Å². The molecule has 180 valence electrons. The van der Waals surface area contributed by atoms with Crippen molar-refractivity contribution in [3.63, 3.8) is 0 Å². The fraction of sp³-hybridized carbons (Fsp3) is 0.484. The first kappa shape index (κ1) is 28.6. The zero-order valence-electron chi connectivity index (χ0n) is 20.8. The number of nitrogens with zero attached hydrogens (tertiary/aromatic N) is 2. The molecule has 0 amide bonds. The largest absolute Gasteiger partial charge is 0.264 e. The Labute approximate surface area is 203 Å². The van der Waals surface area contributed by atoms with Crippen molar-refractivity contribution >= 4 is 0 Å². The van der Waals surface area contributed by atoms with E-state index < -0.39 is 0 Å². The molecule has 0 aliphatic heterocycles. The molecule has 2 heterocycles. The van der Waals surface area contributed by atoms with Crippen molar-refractivity contribution in [3.05, 3.63) is 83.9 Å². The van der Waals surface area contributed by atoms with Gasteiger partial charge in [0.2, 0.25) is 0 Å². The van der Waals surface area contributed by atoms with Gasteiger partial charge in [-0.15, -0.1) is 0 Å². The fourth-order valence-electron chi connectivity index (χ4n) is 4.09. The van der Waals surface area contributed by atoms with E-state index in [4.69, 9.17) is 0 Å². The summed E-state index contributed by atoms with van der Waals surface area (Å²) in [5, 5.41) is 0. The SMILES string of the molecule is C.CC.CC(c1cccc(C2CCCCC2)c1)c1cc(-c2cccnc2)ccn1.CCCC. The van der Waals surface area contributed by atoms with Crippen LogP contribution >= 0.6 is 0 Å². The van der Waals surface area contributed by atoms with Crippen LogP contribution in [0.15, 0.2) is 67.1 Å². The summed E-state index contributed by atoms with van der Waals surface area (Å²) in [5.74, 6) is 1.03. The van der Waals surface area contributed by atoms with Crippen molar-refractivity contribution < 1.29 is 0 Å². The number of hydrogen-bond donors (Lipinski definition) is 0. The molecule has 1 saturated carbocycles. The quantitative estimate of drug-likeness (QED) is 0.389. The monoisotopic (exact) mass is 446 g/mol. The van der Waals surface area contributed by atoms with E-state index in [1.54, 1.807) is 0 Å². The van der Waals surface area contributed by atoms with E-state index in [9.17, 15) is 0 Å². The van der Waals surface area contributed by atoms with E-state index in [0.717, 1.165) is 17.2 Å². The second-order valence-electron chi connectivity index (χ2n) is 8.44. The summed E-state index contributed by atoms with van der Waals surface area (Å²) in [7, 11) is 0. The molecule has 0 saturated heterocycles. The molecule has 3 aromatic rings. The lowest BCUT2D eigenvalue weighted by Crippen LogP contribution is -2.06. The summed E-state index contributed by atoms with van der Waals surface area (Å²) in [4.78, 5) is 8.90. The summed E-state index contributed by atoms with van der Waals surface area (Å²) in [6.07, 6.45) is 15.1. The number of rotatable bonds is 5. The molecule has 33 heavy (non-hydrogen) atoms. The van der Waals surface area contributed by atoms with Crippen LogP contribution in [0, 0.1) is 0 Å². The first-order valence-electron chi connectivity index (χ1n) is 12.7. The van der Waals surface area contributed by atoms with Gasteiger partial charge in [0.1, 0.15) is 0 Å². The van der Waals surface area contributed by atoms with Gasteiger partial charge in [-0.2, -0.15) is 0 Å². The Balaban J connectivity index is 0.000000706. The smallest absolute Gasteiger partial charge is 0.0481 e. The lowest BCUT2D eigenvalue weighted by Gasteiger charge is -2.23. The molecule has 2 nitrogen and oxygen atoms in total. The number of unbranched alkanes of at least 4 members (excludes halogenated alkanes) is 1. The van der Waals surface area contributed by atoms with Crippen LogP contribution in [0.25, 0.3) is 11.1 Å². The van der Waals surface area contributed by atoms with Crippen molar-refractivity contribution in [2.45, 2.75) is 98.8 Å². The van der Waals surface area contributed by atoms with Gasteiger partial charge in [-0.3, -0.25) is 9.97 Å². The van der Waals surface area contributed by atoms with Crippen LogP contribution in [0.5, 0.6) is 0 Å². The highest BCUT2D eigenvalue weighted by Gasteiger charge is 2.17. The van der Waals surface area contributed by atoms with E-state index in [1.807, 2.05) is 38.5 Å². The maximum Gasteiger partial charge on any atom is 0.0481 e. The van der Waals surface area contributed by atoms with Crippen LogP contribution in [0.3, 0.4) is 0 Å². The van der Waals surface area contributed by atoms with Crippen LogP contribution in [0.2, 0.25) is 0 Å². The molecule has 1 fully saturated rings. The van der Waals surface area contributed by atoms with Gasteiger partial charge < -0.3 is 0 Å². The Morgan fingerprint density at radius 1 is 0.848 bits per heavy atom. The van der Waals surface area contributed by atoms with Crippen molar-refractivity contribution in [2.75, 3.05) is 0 Å². The number of benzene rings is 1. The number of hydrogen-bond acceptors (Lipinski definition) is 2. The Morgan fingerprint density at radius 3 is 2.21 bits per heavy atom. The maximum atomic E-state index is 4.66. The van der Waals surface area contributed by atoms with E-state index >= 15 is 0 Å². The summed E-state index contributed by atoms with van der Waals surface area (Å²) in [6.45, 7) is 10.6. The van der Waals surface area contributed by atoms with E-state index in [2.05, 4.69) is 73.2 Å². The van der Waals surface area contributed by atoms with Crippen LogP contribution < -0.4 is 0 Å². The van der Waals surface area contributed by atoms with Crippen LogP contribution in [0.4, 0.5) is 0 Å². The minimum Gasteiger partial charge on any atom is -0.264 e. The van der Waals surface area contributed by atoms with Crippen LogP contribution in [-0.2, 0) is 0 Å². The van der Waals surface area contributed by atoms with Crippen molar-refractivity contribution in [3.8, 4) is 11.1 Å². The summed E-state index contributed by atoms with van der Waals surface area (Å²) in [6, 6.07) is 17.5. The normalized spacial score (nSPS) is 14.0. The van der Waals surface area contributed by atoms with Gasteiger partial charge in [0.15, 0.2) is 0 Å². The summed E-state index contributed by atoms with van der Waals surface area (Å²) >= 11 is 0. The zero-order chi connectivity index (χ0) is 23.2. The second kappa shape index (κ2) is 16.2. The molecule has 2 aromatic heterocycles. The average Bonchev–Trinajstić information content (AvgIpc) is 2.90. The molecular weight excluding hydrogens is 400 g/mol. The van der Waals surface area contributed by atoms with Gasteiger partial charge in [-0.25, -0.2) is 0 Å². The molecule has 0 bridgehead atoms. The van der Waals surface area contributed by atoms with Gasteiger partial charge >= 0.3 is 0 Å². The van der Waals surface area contributed by atoms with Crippen molar-refractivity contribution in [2.24, 2.45) is 0 Å². The third-order valence-electron chi connectivity index (χ3n) is 6.21. The summed E-state index contributed by atoms with van der Waals surface area (Å²) in [5.41, 5.74) is 6.31. The Hall–Kier alpha value is -2.48. The summed E-state index contributed by atoms with van der Waals surface area (Å²) < 4.78 is 0. The third kappa shape index (κ3) is 8.76. The minimum absolute atomic E-state index is 0. The predicted molar refractivity (Wildman–Crippen MR) is 146 cm³/mol. The van der Waals surface area contributed by atoms with Gasteiger partial charge in [-0.1, -0.05) is 104 Å². The highest BCUT2D eigenvalue weighted by Crippen LogP contribution is 2.34. The Morgan fingerprint density at radius 2 is 1.58 bits per heavy atom. The van der Waals surface area contributed by atoms with Crippen molar-refractivity contribution in [1.29, 1.82) is 0 Å². The minimum atomic E-state index is 0. The molecular formula is C31H46N2. The average molecular weight is 447 g/mol. The van der Waals surface area contributed by atoms with Crippen LogP contribution in [-0.4, -0.2) is 9.97 Å². The topological polar surface area (TPSA) is 25.8 Å². The molecule has 0 radical (unpaired) electrons. The van der Waals surface area contributed by atoms with Gasteiger partial charge in [0.25, 0.3) is 0 Å². The maximum absolute atomic E-state index is 4.66. The van der Waals surface area contributed by atoms with Crippen molar-refractivity contribution in [1.82, 2.24) is 9.97 Å². The predicted octanol–water partition coefficient (Wildman–Crippen LogP) is 9.81. The van der Waals surface area contributed by atoms with Gasteiger partial charge in [0.05, 0.1) is 0 Å². The lowest BCUT2D eigenvalue weighted by atomic mass is 9.82. The van der Waals surface area contributed by atoms with E-state index in [0.29, 0.717) is 0 Å². The second-order valence-corrected chi connectivity index (χ2v) is 8.44.